The summed E-state index contributed by atoms with van der Waals surface area (Å²) in [4.78, 5) is 20.2. The zero-order valence-corrected chi connectivity index (χ0v) is 14.3. The Morgan fingerprint density at radius 1 is 1.21 bits per heavy atom. The van der Waals surface area contributed by atoms with E-state index in [0.717, 1.165) is 67.4 Å². The Balaban J connectivity index is 1.84. The minimum absolute atomic E-state index is 0.187. The van der Waals surface area contributed by atoms with Crippen molar-refractivity contribution in [3.63, 3.8) is 0 Å². The van der Waals surface area contributed by atoms with Gasteiger partial charge in [-0.05, 0) is 49.7 Å². The predicted octanol–water partition coefficient (Wildman–Crippen LogP) is 4.15. The molecule has 124 valence electrons. The molecule has 4 rings (SSSR count). The van der Waals surface area contributed by atoms with Crippen molar-refractivity contribution in [2.75, 3.05) is 13.1 Å². The van der Waals surface area contributed by atoms with Gasteiger partial charge in [-0.3, -0.25) is 9.78 Å². The van der Waals surface area contributed by atoms with E-state index in [2.05, 4.69) is 19.6 Å². The average Bonchev–Trinajstić information content (AvgIpc) is 2.60. The van der Waals surface area contributed by atoms with Gasteiger partial charge in [-0.1, -0.05) is 37.3 Å². The number of aromatic nitrogens is 1. The Bertz CT molecular complexity index is 814. The number of rotatable bonds is 1. The van der Waals surface area contributed by atoms with Crippen LogP contribution in [0.1, 0.15) is 47.8 Å². The number of benzene rings is 1. The lowest BCUT2D eigenvalue weighted by atomic mass is 9.83. The van der Waals surface area contributed by atoms with Crippen molar-refractivity contribution in [2.45, 2.75) is 39.0 Å². The fourth-order valence-electron chi connectivity index (χ4n) is 3.99. The quantitative estimate of drug-likeness (QED) is 0.740. The van der Waals surface area contributed by atoms with E-state index in [1.165, 1.54) is 11.1 Å². The van der Waals surface area contributed by atoms with Crippen LogP contribution in [0.2, 0.25) is 0 Å². The molecule has 1 aliphatic carbocycles. The SMILES string of the molecule is C=C1CCN(C(=O)c2c3c(nc4ccccc24)CCC(C)C3)CC1. The molecule has 3 nitrogen and oxygen atoms in total. The maximum atomic E-state index is 13.4. The second kappa shape index (κ2) is 6.04. The lowest BCUT2D eigenvalue weighted by Crippen LogP contribution is -2.37. The number of para-hydroxylation sites is 1. The second-order valence-corrected chi connectivity index (χ2v) is 7.32. The molecule has 0 bridgehead atoms. The Morgan fingerprint density at radius 2 is 1.96 bits per heavy atom. The van der Waals surface area contributed by atoms with Gasteiger partial charge >= 0.3 is 0 Å². The largest absolute Gasteiger partial charge is 0.338 e. The molecule has 2 aromatic rings. The van der Waals surface area contributed by atoms with Gasteiger partial charge in [0.05, 0.1) is 11.1 Å². The molecule has 1 aliphatic heterocycles. The Labute approximate surface area is 143 Å². The third-order valence-electron chi connectivity index (χ3n) is 5.48. The maximum absolute atomic E-state index is 13.4. The van der Waals surface area contributed by atoms with Gasteiger partial charge in [-0.2, -0.15) is 0 Å². The van der Waals surface area contributed by atoms with Crippen LogP contribution >= 0.6 is 0 Å². The van der Waals surface area contributed by atoms with Gasteiger partial charge in [0.25, 0.3) is 5.91 Å². The monoisotopic (exact) mass is 320 g/mol. The van der Waals surface area contributed by atoms with Crippen LogP contribution in [0, 0.1) is 5.92 Å². The van der Waals surface area contributed by atoms with E-state index >= 15 is 0 Å². The number of hydrogen-bond donors (Lipinski definition) is 0. The number of carbonyl (C=O) groups excluding carboxylic acids is 1. The number of fused-ring (bicyclic) bond motifs is 2. The first-order valence-corrected chi connectivity index (χ1v) is 9.00. The van der Waals surface area contributed by atoms with Gasteiger partial charge in [-0.25, -0.2) is 0 Å². The number of amides is 1. The molecule has 1 atom stereocenters. The lowest BCUT2D eigenvalue weighted by molar-refractivity contribution is 0.0744. The summed E-state index contributed by atoms with van der Waals surface area (Å²) in [6.45, 7) is 7.92. The van der Waals surface area contributed by atoms with Crippen molar-refractivity contribution >= 4 is 16.8 Å². The summed E-state index contributed by atoms with van der Waals surface area (Å²) in [7, 11) is 0. The minimum Gasteiger partial charge on any atom is -0.338 e. The number of piperidine rings is 1. The van der Waals surface area contributed by atoms with Crippen LogP contribution in [0.3, 0.4) is 0 Å². The van der Waals surface area contributed by atoms with Crippen molar-refractivity contribution in [1.82, 2.24) is 9.88 Å². The first-order valence-electron chi connectivity index (χ1n) is 9.00. The second-order valence-electron chi connectivity index (χ2n) is 7.32. The van der Waals surface area contributed by atoms with Gasteiger partial charge < -0.3 is 4.90 Å². The summed E-state index contributed by atoms with van der Waals surface area (Å²) in [5.41, 5.74) is 5.46. The number of likely N-dealkylation sites (tertiary alicyclic amines) is 1. The van der Waals surface area contributed by atoms with Crippen LogP contribution < -0.4 is 0 Å². The Morgan fingerprint density at radius 3 is 2.75 bits per heavy atom. The summed E-state index contributed by atoms with van der Waals surface area (Å²) in [6, 6.07) is 8.10. The van der Waals surface area contributed by atoms with Crippen LogP contribution in [-0.4, -0.2) is 28.9 Å². The molecule has 3 heteroatoms. The molecule has 1 aromatic carbocycles. The van der Waals surface area contributed by atoms with Crippen LogP contribution in [0.4, 0.5) is 0 Å². The van der Waals surface area contributed by atoms with Crippen molar-refractivity contribution in [3.8, 4) is 0 Å². The van der Waals surface area contributed by atoms with E-state index in [1.54, 1.807) is 0 Å². The topological polar surface area (TPSA) is 33.2 Å². The minimum atomic E-state index is 0.187. The number of carbonyl (C=O) groups is 1. The highest BCUT2D eigenvalue weighted by Crippen LogP contribution is 2.32. The Hall–Kier alpha value is -2.16. The molecule has 0 N–H and O–H groups in total. The normalized spacial score (nSPS) is 21.0. The number of aryl methyl sites for hydroxylation is 1. The maximum Gasteiger partial charge on any atom is 0.254 e. The van der Waals surface area contributed by atoms with E-state index in [0.29, 0.717) is 5.92 Å². The predicted molar refractivity (Wildman–Crippen MR) is 97.2 cm³/mol. The standard InChI is InChI=1S/C21H24N2O/c1-14-9-11-23(12-10-14)21(24)20-16-5-3-4-6-18(16)22-19-8-7-15(2)13-17(19)20/h3-6,15H,1,7-13H2,2H3. The fourth-order valence-corrected chi connectivity index (χ4v) is 3.99. The van der Waals surface area contributed by atoms with Gasteiger partial charge in [0.2, 0.25) is 0 Å². The summed E-state index contributed by atoms with van der Waals surface area (Å²) in [5.74, 6) is 0.805. The van der Waals surface area contributed by atoms with Crippen LogP contribution in [0.15, 0.2) is 36.4 Å². The van der Waals surface area contributed by atoms with Gasteiger partial charge in [0, 0.05) is 24.2 Å². The summed E-state index contributed by atoms with van der Waals surface area (Å²) >= 11 is 0. The number of hydrogen-bond acceptors (Lipinski definition) is 2. The summed E-state index contributed by atoms with van der Waals surface area (Å²) in [6.07, 6.45) is 4.96. The lowest BCUT2D eigenvalue weighted by Gasteiger charge is -2.31. The van der Waals surface area contributed by atoms with E-state index < -0.39 is 0 Å². The van der Waals surface area contributed by atoms with E-state index in [1.807, 2.05) is 23.1 Å². The van der Waals surface area contributed by atoms with Crippen LogP contribution in [-0.2, 0) is 12.8 Å². The summed E-state index contributed by atoms with van der Waals surface area (Å²) < 4.78 is 0. The molecule has 24 heavy (non-hydrogen) atoms. The molecule has 0 saturated carbocycles. The highest BCUT2D eigenvalue weighted by Gasteiger charge is 2.28. The number of nitrogens with zero attached hydrogens (tertiary/aromatic N) is 2. The van der Waals surface area contributed by atoms with Crippen molar-refractivity contribution in [2.24, 2.45) is 5.92 Å². The highest BCUT2D eigenvalue weighted by molar-refractivity contribution is 6.07. The van der Waals surface area contributed by atoms with E-state index in [9.17, 15) is 4.79 Å². The van der Waals surface area contributed by atoms with Gasteiger partial charge in [-0.15, -0.1) is 0 Å². The fraction of sp³-hybridized carbons (Fsp3) is 0.429. The van der Waals surface area contributed by atoms with Crippen LogP contribution in [0.5, 0.6) is 0 Å². The van der Waals surface area contributed by atoms with Gasteiger partial charge in [0.15, 0.2) is 0 Å². The van der Waals surface area contributed by atoms with Crippen molar-refractivity contribution in [1.29, 1.82) is 0 Å². The molecule has 0 radical (unpaired) electrons. The molecule has 2 aliphatic rings. The molecular formula is C21H24N2O. The highest BCUT2D eigenvalue weighted by atomic mass is 16.2. The molecule has 1 fully saturated rings. The van der Waals surface area contributed by atoms with Crippen molar-refractivity contribution < 1.29 is 4.79 Å². The Kier molecular flexibility index (Phi) is 3.87. The molecular weight excluding hydrogens is 296 g/mol. The summed E-state index contributed by atoms with van der Waals surface area (Å²) in [5, 5.41) is 1.01. The zero-order valence-electron chi connectivity index (χ0n) is 14.3. The molecule has 1 aromatic heterocycles. The smallest absolute Gasteiger partial charge is 0.254 e. The molecule has 1 unspecified atom stereocenters. The first-order chi connectivity index (χ1) is 11.6. The van der Waals surface area contributed by atoms with Crippen molar-refractivity contribution in [3.05, 3.63) is 53.2 Å². The first kappa shape index (κ1) is 15.4. The molecule has 1 amide bonds. The molecule has 0 spiro atoms. The van der Waals surface area contributed by atoms with E-state index in [-0.39, 0.29) is 5.91 Å². The zero-order chi connectivity index (χ0) is 16.7. The number of pyridine rings is 1. The van der Waals surface area contributed by atoms with E-state index in [4.69, 9.17) is 4.98 Å². The third-order valence-corrected chi connectivity index (χ3v) is 5.48. The molecule has 1 saturated heterocycles. The average molecular weight is 320 g/mol. The molecule has 2 heterocycles. The van der Waals surface area contributed by atoms with Crippen LogP contribution in [0.25, 0.3) is 10.9 Å². The van der Waals surface area contributed by atoms with Gasteiger partial charge in [0.1, 0.15) is 0 Å². The third kappa shape index (κ3) is 2.62.